The number of carbonyl (C=O) groups excluding carboxylic acids is 1. The summed E-state index contributed by atoms with van der Waals surface area (Å²) in [6.07, 6.45) is 3.49. The maximum atomic E-state index is 11.6. The Morgan fingerprint density at radius 3 is 3.14 bits per heavy atom. The van der Waals surface area contributed by atoms with Crippen LogP contribution in [0.1, 0.15) is 5.56 Å². The van der Waals surface area contributed by atoms with Crippen molar-refractivity contribution in [1.82, 2.24) is 10.3 Å². The third-order valence-electron chi connectivity index (χ3n) is 2.39. The van der Waals surface area contributed by atoms with Crippen molar-refractivity contribution in [2.24, 2.45) is 0 Å². The molecule has 1 aromatic rings. The largest absolute Gasteiger partial charge is 0.308 e. The predicted molar refractivity (Wildman–Crippen MR) is 54.2 cm³/mol. The maximum Gasteiger partial charge on any atom is 0.241 e. The molecule has 1 N–H and O–H groups in total. The van der Waals surface area contributed by atoms with Gasteiger partial charge in [0.15, 0.2) is 0 Å². The topological polar surface area (TPSA) is 45.2 Å². The van der Waals surface area contributed by atoms with E-state index >= 15 is 0 Å². The first-order valence-electron chi connectivity index (χ1n) is 4.71. The number of aromatic nitrogens is 1. The number of pyridine rings is 1. The lowest BCUT2D eigenvalue weighted by Gasteiger charge is -2.28. The van der Waals surface area contributed by atoms with Gasteiger partial charge in [-0.05, 0) is 18.6 Å². The summed E-state index contributed by atoms with van der Waals surface area (Å²) in [5.74, 6) is 0.118. The summed E-state index contributed by atoms with van der Waals surface area (Å²) in [4.78, 5) is 17.4. The van der Waals surface area contributed by atoms with Gasteiger partial charge in [-0.2, -0.15) is 0 Å². The molecule has 1 aliphatic rings. The highest BCUT2D eigenvalue weighted by molar-refractivity contribution is 5.96. The van der Waals surface area contributed by atoms with Crippen LogP contribution >= 0.6 is 0 Å². The number of anilines is 1. The van der Waals surface area contributed by atoms with E-state index in [9.17, 15) is 4.79 Å². The number of rotatable bonds is 1. The van der Waals surface area contributed by atoms with Crippen LogP contribution in [0.3, 0.4) is 0 Å². The van der Waals surface area contributed by atoms with E-state index in [2.05, 4.69) is 10.3 Å². The van der Waals surface area contributed by atoms with Gasteiger partial charge in [0.25, 0.3) is 0 Å². The van der Waals surface area contributed by atoms with Crippen LogP contribution in [-0.2, 0) is 4.79 Å². The van der Waals surface area contributed by atoms with E-state index < -0.39 is 0 Å². The van der Waals surface area contributed by atoms with E-state index in [1.54, 1.807) is 17.3 Å². The second-order valence-electron chi connectivity index (χ2n) is 3.38. The predicted octanol–water partition coefficient (Wildman–Crippen LogP) is 0.326. The lowest BCUT2D eigenvalue weighted by molar-refractivity contribution is -0.118. The van der Waals surface area contributed by atoms with Gasteiger partial charge in [-0.15, -0.1) is 0 Å². The third-order valence-corrected chi connectivity index (χ3v) is 2.39. The van der Waals surface area contributed by atoms with Gasteiger partial charge in [0.1, 0.15) is 0 Å². The minimum atomic E-state index is 0.118. The van der Waals surface area contributed by atoms with Crippen molar-refractivity contribution in [2.75, 3.05) is 24.5 Å². The standard InChI is InChI=1S/C10H13N3O/c1-8-2-3-11-6-9(8)13-5-4-12-7-10(13)14/h2-3,6,12H,4-5,7H2,1H3. The monoisotopic (exact) mass is 191 g/mol. The molecule has 0 aromatic carbocycles. The number of piperazine rings is 1. The molecule has 0 bridgehead atoms. The number of amides is 1. The minimum absolute atomic E-state index is 0.118. The normalized spacial score (nSPS) is 17.2. The summed E-state index contributed by atoms with van der Waals surface area (Å²) in [5, 5.41) is 3.04. The van der Waals surface area contributed by atoms with E-state index in [-0.39, 0.29) is 5.91 Å². The molecule has 0 aliphatic carbocycles. The second-order valence-corrected chi connectivity index (χ2v) is 3.38. The van der Waals surface area contributed by atoms with Crippen molar-refractivity contribution < 1.29 is 4.79 Å². The van der Waals surface area contributed by atoms with E-state index in [0.29, 0.717) is 6.54 Å². The zero-order chi connectivity index (χ0) is 9.97. The summed E-state index contributed by atoms with van der Waals surface area (Å²) in [5.41, 5.74) is 2.02. The molecule has 1 saturated heterocycles. The third kappa shape index (κ3) is 1.61. The molecule has 1 fully saturated rings. The van der Waals surface area contributed by atoms with Gasteiger partial charge >= 0.3 is 0 Å². The highest BCUT2D eigenvalue weighted by Crippen LogP contribution is 2.18. The SMILES string of the molecule is Cc1ccncc1N1CCNCC1=O. The number of carbonyl (C=O) groups is 1. The molecule has 1 amide bonds. The molecule has 0 spiro atoms. The molecule has 2 rings (SSSR count). The first-order valence-corrected chi connectivity index (χ1v) is 4.71. The second kappa shape index (κ2) is 3.75. The van der Waals surface area contributed by atoms with Gasteiger partial charge < -0.3 is 10.2 Å². The van der Waals surface area contributed by atoms with Crippen LogP contribution in [0.5, 0.6) is 0 Å². The van der Waals surface area contributed by atoms with Crippen LogP contribution in [-0.4, -0.2) is 30.5 Å². The van der Waals surface area contributed by atoms with Crippen LogP contribution in [0.4, 0.5) is 5.69 Å². The van der Waals surface area contributed by atoms with Crippen LogP contribution in [0.2, 0.25) is 0 Å². The van der Waals surface area contributed by atoms with Crippen LogP contribution < -0.4 is 10.2 Å². The average molecular weight is 191 g/mol. The van der Waals surface area contributed by atoms with Gasteiger partial charge in [0.05, 0.1) is 18.4 Å². The van der Waals surface area contributed by atoms with Crippen molar-refractivity contribution in [3.8, 4) is 0 Å². The van der Waals surface area contributed by atoms with Gasteiger partial charge in [0.2, 0.25) is 5.91 Å². The Morgan fingerprint density at radius 2 is 2.43 bits per heavy atom. The Hall–Kier alpha value is -1.42. The molecule has 1 aromatic heterocycles. The van der Waals surface area contributed by atoms with Crippen molar-refractivity contribution in [2.45, 2.75) is 6.92 Å². The molecule has 2 heterocycles. The first kappa shape index (κ1) is 9.15. The zero-order valence-corrected chi connectivity index (χ0v) is 8.16. The van der Waals surface area contributed by atoms with Crippen LogP contribution in [0.25, 0.3) is 0 Å². The average Bonchev–Trinajstić information content (AvgIpc) is 2.20. The summed E-state index contributed by atoms with van der Waals surface area (Å²) >= 11 is 0. The number of hydrogen-bond acceptors (Lipinski definition) is 3. The Labute approximate surface area is 82.9 Å². The van der Waals surface area contributed by atoms with E-state index in [1.807, 2.05) is 13.0 Å². The maximum absolute atomic E-state index is 11.6. The fraction of sp³-hybridized carbons (Fsp3) is 0.400. The lowest BCUT2D eigenvalue weighted by atomic mass is 10.2. The number of nitrogens with zero attached hydrogens (tertiary/aromatic N) is 2. The van der Waals surface area contributed by atoms with Crippen LogP contribution in [0.15, 0.2) is 18.5 Å². The minimum Gasteiger partial charge on any atom is -0.308 e. The van der Waals surface area contributed by atoms with Gasteiger partial charge in [0, 0.05) is 19.3 Å². The summed E-state index contributed by atoms with van der Waals surface area (Å²) in [6, 6.07) is 1.92. The zero-order valence-electron chi connectivity index (χ0n) is 8.16. The van der Waals surface area contributed by atoms with Crippen molar-refractivity contribution in [1.29, 1.82) is 0 Å². The molecule has 14 heavy (non-hydrogen) atoms. The Morgan fingerprint density at radius 1 is 1.57 bits per heavy atom. The molecule has 0 atom stereocenters. The quantitative estimate of drug-likeness (QED) is 0.695. The Balaban J connectivity index is 2.29. The molecular weight excluding hydrogens is 178 g/mol. The molecule has 74 valence electrons. The fourth-order valence-corrected chi connectivity index (χ4v) is 1.60. The molecule has 4 heteroatoms. The summed E-state index contributed by atoms with van der Waals surface area (Å²) in [7, 11) is 0. The Bertz CT molecular complexity index is 351. The molecule has 0 radical (unpaired) electrons. The molecule has 0 unspecified atom stereocenters. The van der Waals surface area contributed by atoms with E-state index in [0.717, 1.165) is 24.3 Å². The number of aryl methyl sites for hydroxylation is 1. The molecule has 4 nitrogen and oxygen atoms in total. The highest BCUT2D eigenvalue weighted by atomic mass is 16.2. The van der Waals surface area contributed by atoms with Crippen molar-refractivity contribution in [3.63, 3.8) is 0 Å². The van der Waals surface area contributed by atoms with E-state index in [4.69, 9.17) is 0 Å². The van der Waals surface area contributed by atoms with Crippen molar-refractivity contribution in [3.05, 3.63) is 24.0 Å². The van der Waals surface area contributed by atoms with Gasteiger partial charge in [-0.3, -0.25) is 9.78 Å². The highest BCUT2D eigenvalue weighted by Gasteiger charge is 2.20. The first-order chi connectivity index (χ1) is 6.79. The lowest BCUT2D eigenvalue weighted by Crippen LogP contribution is -2.48. The summed E-state index contributed by atoms with van der Waals surface area (Å²) < 4.78 is 0. The smallest absolute Gasteiger partial charge is 0.241 e. The van der Waals surface area contributed by atoms with Gasteiger partial charge in [-0.1, -0.05) is 0 Å². The molecule has 1 aliphatic heterocycles. The van der Waals surface area contributed by atoms with E-state index in [1.165, 1.54) is 0 Å². The Kier molecular flexibility index (Phi) is 2.45. The number of hydrogen-bond donors (Lipinski definition) is 1. The molecular formula is C10H13N3O. The number of nitrogens with one attached hydrogen (secondary N) is 1. The van der Waals surface area contributed by atoms with Gasteiger partial charge in [-0.25, -0.2) is 0 Å². The fourth-order valence-electron chi connectivity index (χ4n) is 1.60. The molecule has 0 saturated carbocycles. The summed E-state index contributed by atoms with van der Waals surface area (Å²) in [6.45, 7) is 3.99. The van der Waals surface area contributed by atoms with Crippen molar-refractivity contribution >= 4 is 11.6 Å². The van der Waals surface area contributed by atoms with Crippen LogP contribution in [0, 0.1) is 6.92 Å².